The summed E-state index contributed by atoms with van der Waals surface area (Å²) in [6, 6.07) is 0. The van der Waals surface area contributed by atoms with Crippen molar-refractivity contribution in [3.05, 3.63) is 12.2 Å². The Kier molecular flexibility index (Phi) is 2.54. The van der Waals surface area contributed by atoms with Gasteiger partial charge in [-0.3, -0.25) is 4.79 Å². The van der Waals surface area contributed by atoms with Gasteiger partial charge in [-0.1, -0.05) is 6.58 Å². The van der Waals surface area contributed by atoms with Crippen LogP contribution in [0.5, 0.6) is 0 Å². The second-order valence-corrected chi connectivity index (χ2v) is 1.37. The first kappa shape index (κ1) is 6.88. The van der Waals surface area contributed by atoms with Crippen LogP contribution >= 0.6 is 0 Å². The average molecular weight is 115 g/mol. The molecule has 0 saturated heterocycles. The first-order chi connectivity index (χ1) is 3.66. The molecule has 0 aromatic rings. The third kappa shape index (κ3) is 3.08. The molecule has 0 atom stereocenters. The van der Waals surface area contributed by atoms with E-state index < -0.39 is 5.97 Å². The maximum atomic E-state index is 9.80. The van der Waals surface area contributed by atoms with Gasteiger partial charge in [0.1, 0.15) is 0 Å². The smallest absolute Gasteiger partial charge is 0.307 e. The SMILES string of the molecule is C=C(C=N)CC(=O)O.[HH]. The van der Waals surface area contributed by atoms with Crippen LogP contribution in [0.4, 0.5) is 0 Å². The van der Waals surface area contributed by atoms with E-state index in [-0.39, 0.29) is 7.85 Å². The summed E-state index contributed by atoms with van der Waals surface area (Å²) < 4.78 is 0. The molecular weight excluding hydrogens is 106 g/mol. The van der Waals surface area contributed by atoms with Crippen molar-refractivity contribution in [3.63, 3.8) is 0 Å². The van der Waals surface area contributed by atoms with E-state index in [1.807, 2.05) is 0 Å². The number of carbonyl (C=O) groups is 1. The maximum absolute atomic E-state index is 9.80. The number of nitrogens with one attached hydrogen (secondary N) is 1. The predicted octanol–water partition coefficient (Wildman–Crippen LogP) is 0.913. The Hall–Kier alpha value is -1.12. The van der Waals surface area contributed by atoms with Crippen LogP contribution in [0.15, 0.2) is 12.2 Å². The first-order valence-electron chi connectivity index (χ1n) is 2.07. The van der Waals surface area contributed by atoms with Crippen LogP contribution in [0.3, 0.4) is 0 Å². The molecule has 0 aromatic carbocycles. The molecule has 2 N–H and O–H groups in total. The number of carboxylic acid groups (broad SMARTS) is 1. The van der Waals surface area contributed by atoms with Crippen molar-refractivity contribution in [3.8, 4) is 0 Å². The minimum atomic E-state index is -0.946. The summed E-state index contributed by atoms with van der Waals surface area (Å²) in [6.07, 6.45) is 0.803. The molecule has 0 aromatic heterocycles. The summed E-state index contributed by atoms with van der Waals surface area (Å²) in [4.78, 5) is 9.80. The Labute approximate surface area is 48.6 Å². The highest BCUT2D eigenvalue weighted by Gasteiger charge is 1.95. The molecule has 3 nitrogen and oxygen atoms in total. The zero-order chi connectivity index (χ0) is 6.57. The van der Waals surface area contributed by atoms with E-state index in [1.165, 1.54) is 0 Å². The third-order valence-corrected chi connectivity index (χ3v) is 0.582. The third-order valence-electron chi connectivity index (χ3n) is 0.582. The molecule has 0 unspecified atom stereocenters. The largest absolute Gasteiger partial charge is 0.481 e. The van der Waals surface area contributed by atoms with Crippen LogP contribution in [-0.4, -0.2) is 17.3 Å². The Morgan fingerprint density at radius 1 is 2.00 bits per heavy atom. The van der Waals surface area contributed by atoms with Gasteiger partial charge in [-0.15, -0.1) is 0 Å². The lowest BCUT2D eigenvalue weighted by Gasteiger charge is -1.87. The highest BCUT2D eigenvalue weighted by molar-refractivity contribution is 5.83. The van der Waals surface area contributed by atoms with Crippen molar-refractivity contribution >= 4 is 12.2 Å². The van der Waals surface area contributed by atoms with Crippen molar-refractivity contribution in [1.29, 1.82) is 5.41 Å². The molecule has 0 rings (SSSR count). The van der Waals surface area contributed by atoms with Crippen molar-refractivity contribution in [1.82, 2.24) is 0 Å². The molecule has 46 valence electrons. The number of hydrogen-bond acceptors (Lipinski definition) is 2. The van der Waals surface area contributed by atoms with Crippen LogP contribution in [0.2, 0.25) is 0 Å². The molecule has 0 amide bonds. The van der Waals surface area contributed by atoms with Crippen molar-refractivity contribution < 1.29 is 11.3 Å². The van der Waals surface area contributed by atoms with E-state index >= 15 is 0 Å². The molecule has 0 aliphatic heterocycles. The molecule has 0 aliphatic carbocycles. The van der Waals surface area contributed by atoms with Crippen molar-refractivity contribution in [2.75, 3.05) is 0 Å². The van der Waals surface area contributed by atoms with Gasteiger partial charge < -0.3 is 10.5 Å². The fraction of sp³-hybridized carbons (Fsp3) is 0.200. The lowest BCUT2D eigenvalue weighted by molar-refractivity contribution is -0.136. The molecule has 0 bridgehead atoms. The minimum absolute atomic E-state index is 0. The molecular formula is C5H9NO2. The molecule has 3 heteroatoms. The van der Waals surface area contributed by atoms with Gasteiger partial charge in [0.25, 0.3) is 0 Å². The summed E-state index contributed by atoms with van der Waals surface area (Å²) >= 11 is 0. The fourth-order valence-corrected chi connectivity index (χ4v) is 0.245. The van der Waals surface area contributed by atoms with Gasteiger partial charge in [0.05, 0.1) is 6.42 Å². The normalized spacial score (nSPS) is 8.00. The number of hydrogen-bond donors (Lipinski definition) is 2. The summed E-state index contributed by atoms with van der Waals surface area (Å²) in [7, 11) is 0. The summed E-state index contributed by atoms with van der Waals surface area (Å²) in [5.41, 5.74) is 0.317. The van der Waals surface area contributed by atoms with Crippen LogP contribution in [0, 0.1) is 5.41 Å². The Morgan fingerprint density at radius 3 is 2.62 bits per heavy atom. The maximum Gasteiger partial charge on any atom is 0.307 e. The number of rotatable bonds is 3. The van der Waals surface area contributed by atoms with Gasteiger partial charge in [-0.05, 0) is 5.57 Å². The summed E-state index contributed by atoms with van der Waals surface area (Å²) in [5.74, 6) is -0.946. The molecule has 0 fully saturated rings. The zero-order valence-electron chi connectivity index (χ0n) is 4.35. The van der Waals surface area contributed by atoms with Gasteiger partial charge >= 0.3 is 5.97 Å². The quantitative estimate of drug-likeness (QED) is 0.537. The van der Waals surface area contributed by atoms with E-state index in [0.29, 0.717) is 5.57 Å². The number of carboxylic acids is 1. The van der Waals surface area contributed by atoms with E-state index in [1.54, 1.807) is 0 Å². The van der Waals surface area contributed by atoms with E-state index in [4.69, 9.17) is 10.5 Å². The topological polar surface area (TPSA) is 61.2 Å². The average Bonchev–Trinajstić information content (AvgIpc) is 1.65. The molecule has 0 heterocycles. The van der Waals surface area contributed by atoms with Gasteiger partial charge in [-0.2, -0.15) is 0 Å². The molecule has 0 aliphatic rings. The second-order valence-electron chi connectivity index (χ2n) is 1.37. The number of aliphatic carboxylic acids is 1. The molecule has 8 heavy (non-hydrogen) atoms. The molecule has 0 saturated carbocycles. The van der Waals surface area contributed by atoms with Crippen molar-refractivity contribution in [2.45, 2.75) is 6.42 Å². The molecule has 0 spiro atoms. The van der Waals surface area contributed by atoms with Crippen LogP contribution in [0.25, 0.3) is 0 Å². The van der Waals surface area contributed by atoms with Crippen LogP contribution < -0.4 is 0 Å². The standard InChI is InChI=1S/C5H7NO2.H2/c1-4(3-6)2-5(7)8;/h3,6H,1-2H2,(H,7,8);1H. The lowest BCUT2D eigenvalue weighted by atomic mass is 10.2. The highest BCUT2D eigenvalue weighted by atomic mass is 16.4. The first-order valence-corrected chi connectivity index (χ1v) is 2.07. The summed E-state index contributed by atoms with van der Waals surface area (Å²) in [6.45, 7) is 3.29. The Bertz CT molecular complexity index is 133. The monoisotopic (exact) mass is 115 g/mol. The zero-order valence-corrected chi connectivity index (χ0v) is 4.35. The van der Waals surface area contributed by atoms with E-state index in [0.717, 1.165) is 6.21 Å². The van der Waals surface area contributed by atoms with E-state index in [9.17, 15) is 4.79 Å². The molecule has 0 radical (unpaired) electrons. The van der Waals surface area contributed by atoms with Crippen molar-refractivity contribution in [2.24, 2.45) is 0 Å². The second kappa shape index (κ2) is 2.96. The highest BCUT2D eigenvalue weighted by Crippen LogP contribution is 1.90. The van der Waals surface area contributed by atoms with Gasteiger partial charge in [0.2, 0.25) is 0 Å². The lowest BCUT2D eigenvalue weighted by Crippen LogP contribution is -1.95. The Balaban J connectivity index is 0. The fourth-order valence-electron chi connectivity index (χ4n) is 0.245. The van der Waals surface area contributed by atoms with E-state index in [2.05, 4.69) is 6.58 Å². The van der Waals surface area contributed by atoms with Crippen LogP contribution in [0.1, 0.15) is 7.85 Å². The Morgan fingerprint density at radius 2 is 2.50 bits per heavy atom. The minimum Gasteiger partial charge on any atom is -0.481 e. The van der Waals surface area contributed by atoms with Gasteiger partial charge in [-0.25, -0.2) is 0 Å². The predicted molar refractivity (Wildman–Crippen MR) is 32.3 cm³/mol. The summed E-state index contributed by atoms with van der Waals surface area (Å²) in [5, 5.41) is 14.6. The van der Waals surface area contributed by atoms with Gasteiger partial charge in [0.15, 0.2) is 0 Å². The van der Waals surface area contributed by atoms with Crippen LogP contribution in [-0.2, 0) is 4.79 Å². The van der Waals surface area contributed by atoms with Gasteiger partial charge in [0, 0.05) is 7.64 Å².